The van der Waals surface area contributed by atoms with Crippen molar-refractivity contribution in [1.82, 2.24) is 14.7 Å². The number of anilines is 1. The second-order valence-electron chi connectivity index (χ2n) is 8.06. The SMILES string of the molecule is Cc1ccc(NC(=O)CN2CCN(CC(=O)N(C)[C@H](C)c3ccccc3)CC2)cc1. The zero-order valence-electron chi connectivity index (χ0n) is 18.2. The summed E-state index contributed by atoms with van der Waals surface area (Å²) in [4.78, 5) is 31.1. The van der Waals surface area contributed by atoms with Crippen LogP contribution in [0.15, 0.2) is 54.6 Å². The van der Waals surface area contributed by atoms with Crippen molar-refractivity contribution >= 4 is 17.5 Å². The van der Waals surface area contributed by atoms with Crippen LogP contribution in [0.25, 0.3) is 0 Å². The number of aryl methyl sites for hydroxylation is 1. The molecule has 1 N–H and O–H groups in total. The van der Waals surface area contributed by atoms with E-state index in [1.807, 2.05) is 61.3 Å². The van der Waals surface area contributed by atoms with Gasteiger partial charge < -0.3 is 10.2 Å². The van der Waals surface area contributed by atoms with E-state index < -0.39 is 0 Å². The van der Waals surface area contributed by atoms with Crippen molar-refractivity contribution in [3.8, 4) is 0 Å². The van der Waals surface area contributed by atoms with Gasteiger partial charge in [-0.25, -0.2) is 0 Å². The number of rotatable bonds is 7. The maximum atomic E-state index is 12.7. The van der Waals surface area contributed by atoms with Crippen molar-refractivity contribution in [1.29, 1.82) is 0 Å². The Hall–Kier alpha value is -2.70. The first-order chi connectivity index (χ1) is 14.4. The summed E-state index contributed by atoms with van der Waals surface area (Å²) < 4.78 is 0. The summed E-state index contributed by atoms with van der Waals surface area (Å²) in [5.41, 5.74) is 3.13. The van der Waals surface area contributed by atoms with Crippen molar-refractivity contribution in [2.75, 3.05) is 51.6 Å². The van der Waals surface area contributed by atoms with Gasteiger partial charge in [-0.2, -0.15) is 0 Å². The Labute approximate surface area is 179 Å². The Kier molecular flexibility index (Phi) is 7.60. The number of hydrogen-bond acceptors (Lipinski definition) is 4. The Bertz CT molecular complexity index is 830. The van der Waals surface area contributed by atoms with Gasteiger partial charge in [-0.1, -0.05) is 48.0 Å². The van der Waals surface area contributed by atoms with Gasteiger partial charge in [-0.3, -0.25) is 19.4 Å². The fraction of sp³-hybridized carbons (Fsp3) is 0.417. The van der Waals surface area contributed by atoms with Crippen molar-refractivity contribution in [2.24, 2.45) is 0 Å². The molecule has 0 aromatic heterocycles. The molecule has 6 nitrogen and oxygen atoms in total. The second-order valence-corrected chi connectivity index (χ2v) is 8.06. The predicted molar refractivity (Wildman–Crippen MR) is 120 cm³/mol. The van der Waals surface area contributed by atoms with E-state index in [0.29, 0.717) is 13.1 Å². The van der Waals surface area contributed by atoms with Crippen molar-refractivity contribution in [3.63, 3.8) is 0 Å². The van der Waals surface area contributed by atoms with Gasteiger partial charge in [0, 0.05) is 38.9 Å². The van der Waals surface area contributed by atoms with Crippen LogP contribution in [-0.2, 0) is 9.59 Å². The third kappa shape index (κ3) is 6.15. The first-order valence-electron chi connectivity index (χ1n) is 10.5. The van der Waals surface area contributed by atoms with E-state index in [9.17, 15) is 9.59 Å². The number of amides is 2. The van der Waals surface area contributed by atoms with Crippen molar-refractivity contribution in [3.05, 3.63) is 65.7 Å². The zero-order chi connectivity index (χ0) is 21.5. The molecule has 1 aliphatic rings. The number of hydrogen-bond donors (Lipinski definition) is 1. The lowest BCUT2D eigenvalue weighted by Gasteiger charge is -2.35. The Morgan fingerprint density at radius 1 is 0.933 bits per heavy atom. The normalized spacial score (nSPS) is 16.1. The standard InChI is InChI=1S/C24H32N4O2/c1-19-9-11-22(12-10-19)25-23(29)17-27-13-15-28(16-14-27)18-24(30)26(3)20(2)21-7-5-4-6-8-21/h4-12,20H,13-18H2,1-3H3,(H,25,29)/t20-/m1/s1. The lowest BCUT2D eigenvalue weighted by Crippen LogP contribution is -2.51. The number of carbonyl (C=O) groups excluding carboxylic acids is 2. The largest absolute Gasteiger partial charge is 0.338 e. The molecule has 160 valence electrons. The van der Waals surface area contributed by atoms with Gasteiger partial charge in [0.1, 0.15) is 0 Å². The van der Waals surface area contributed by atoms with Crippen LogP contribution in [0.4, 0.5) is 5.69 Å². The number of carbonyl (C=O) groups is 2. The Balaban J connectivity index is 1.41. The molecule has 0 unspecified atom stereocenters. The van der Waals surface area contributed by atoms with Crippen molar-refractivity contribution in [2.45, 2.75) is 19.9 Å². The molecule has 2 aromatic rings. The van der Waals surface area contributed by atoms with Gasteiger partial charge >= 0.3 is 0 Å². The molecule has 1 saturated heterocycles. The highest BCUT2D eigenvalue weighted by Gasteiger charge is 2.23. The average molecular weight is 409 g/mol. The van der Waals surface area contributed by atoms with E-state index >= 15 is 0 Å². The summed E-state index contributed by atoms with van der Waals surface area (Å²) in [5.74, 6) is 0.122. The molecular weight excluding hydrogens is 376 g/mol. The maximum absolute atomic E-state index is 12.7. The van der Waals surface area contributed by atoms with E-state index in [1.54, 1.807) is 0 Å². The molecule has 0 aliphatic carbocycles. The molecule has 3 rings (SSSR count). The van der Waals surface area contributed by atoms with Gasteiger partial charge in [0.25, 0.3) is 0 Å². The molecule has 2 aromatic carbocycles. The van der Waals surface area contributed by atoms with Crippen LogP contribution in [0.2, 0.25) is 0 Å². The van der Waals surface area contributed by atoms with Crippen molar-refractivity contribution < 1.29 is 9.59 Å². The molecule has 1 atom stereocenters. The topological polar surface area (TPSA) is 55.9 Å². The summed E-state index contributed by atoms with van der Waals surface area (Å²) in [6.07, 6.45) is 0. The maximum Gasteiger partial charge on any atom is 0.238 e. The number of benzene rings is 2. The van der Waals surface area contributed by atoms with Crippen LogP contribution in [0.5, 0.6) is 0 Å². The van der Waals surface area contributed by atoms with Crippen LogP contribution in [0.1, 0.15) is 24.1 Å². The molecule has 0 spiro atoms. The second kappa shape index (κ2) is 10.4. The fourth-order valence-electron chi connectivity index (χ4n) is 3.62. The molecule has 0 bridgehead atoms. The lowest BCUT2D eigenvalue weighted by atomic mass is 10.1. The summed E-state index contributed by atoms with van der Waals surface area (Å²) in [5, 5.41) is 2.95. The average Bonchev–Trinajstić information content (AvgIpc) is 2.76. The van der Waals surface area contributed by atoms with Gasteiger partial charge in [-0.15, -0.1) is 0 Å². The summed E-state index contributed by atoms with van der Waals surface area (Å²) in [7, 11) is 1.87. The lowest BCUT2D eigenvalue weighted by molar-refractivity contribution is -0.133. The molecule has 1 heterocycles. The van der Waals surface area contributed by atoms with Gasteiger partial charge in [-0.05, 0) is 31.5 Å². The van der Waals surface area contributed by atoms with E-state index in [0.717, 1.165) is 37.4 Å². The first-order valence-corrected chi connectivity index (χ1v) is 10.5. The van der Waals surface area contributed by atoms with Crippen LogP contribution in [-0.4, -0.2) is 72.8 Å². The van der Waals surface area contributed by atoms with E-state index in [4.69, 9.17) is 0 Å². The quantitative estimate of drug-likeness (QED) is 0.766. The van der Waals surface area contributed by atoms with Crippen LogP contribution in [0, 0.1) is 6.92 Å². The fourth-order valence-corrected chi connectivity index (χ4v) is 3.62. The molecule has 6 heteroatoms. The van der Waals surface area contributed by atoms with Crippen LogP contribution >= 0.6 is 0 Å². The van der Waals surface area contributed by atoms with Gasteiger partial charge in [0.2, 0.25) is 11.8 Å². The number of piperazine rings is 1. The molecule has 30 heavy (non-hydrogen) atoms. The third-order valence-corrected chi connectivity index (χ3v) is 5.78. The molecule has 1 fully saturated rings. The zero-order valence-corrected chi connectivity index (χ0v) is 18.2. The molecule has 1 aliphatic heterocycles. The minimum atomic E-state index is -0.000186. The summed E-state index contributed by atoms with van der Waals surface area (Å²) in [6, 6.07) is 17.9. The Morgan fingerprint density at radius 3 is 2.10 bits per heavy atom. The summed E-state index contributed by atoms with van der Waals surface area (Å²) in [6.45, 7) is 8.01. The monoisotopic (exact) mass is 408 g/mol. The predicted octanol–water partition coefficient (Wildman–Crippen LogP) is 2.77. The summed E-state index contributed by atoms with van der Waals surface area (Å²) >= 11 is 0. The highest BCUT2D eigenvalue weighted by molar-refractivity contribution is 5.92. The number of likely N-dealkylation sites (N-methyl/N-ethyl adjacent to an activating group) is 1. The van der Waals surface area contributed by atoms with Gasteiger partial charge in [0.05, 0.1) is 19.1 Å². The minimum absolute atomic E-state index is 0.000186. The van der Waals surface area contributed by atoms with Gasteiger partial charge in [0.15, 0.2) is 0 Å². The number of nitrogens with zero attached hydrogens (tertiary/aromatic N) is 3. The van der Waals surface area contributed by atoms with E-state index in [-0.39, 0.29) is 17.9 Å². The third-order valence-electron chi connectivity index (χ3n) is 5.78. The highest BCUT2D eigenvalue weighted by Crippen LogP contribution is 2.18. The molecule has 0 saturated carbocycles. The first kappa shape index (κ1) is 22.0. The Morgan fingerprint density at radius 2 is 1.50 bits per heavy atom. The van der Waals surface area contributed by atoms with E-state index in [1.165, 1.54) is 5.56 Å². The smallest absolute Gasteiger partial charge is 0.238 e. The molecule has 0 radical (unpaired) electrons. The number of nitrogens with one attached hydrogen (secondary N) is 1. The highest BCUT2D eigenvalue weighted by atomic mass is 16.2. The molecular formula is C24H32N4O2. The molecule has 2 amide bonds. The minimum Gasteiger partial charge on any atom is -0.338 e. The van der Waals surface area contributed by atoms with E-state index in [2.05, 4.69) is 34.2 Å². The van der Waals surface area contributed by atoms with Crippen LogP contribution < -0.4 is 5.32 Å². The van der Waals surface area contributed by atoms with Crippen LogP contribution in [0.3, 0.4) is 0 Å².